The summed E-state index contributed by atoms with van der Waals surface area (Å²) in [4.78, 5) is 11.4. The number of methoxy groups -OCH3 is 1. The molecular weight excluding hydrogens is 202 g/mol. The van der Waals surface area contributed by atoms with Crippen molar-refractivity contribution in [3.8, 4) is 5.75 Å². The highest BCUT2D eigenvalue weighted by atomic mass is 16.5. The number of hydrogen-bond donors (Lipinski definition) is 1. The Morgan fingerprint density at radius 3 is 2.50 bits per heavy atom. The second kappa shape index (κ2) is 3.51. The van der Waals surface area contributed by atoms with Gasteiger partial charge in [0.05, 0.1) is 7.11 Å². The summed E-state index contributed by atoms with van der Waals surface area (Å²) in [5.74, 6) is 1.87. The average Bonchev–Trinajstić information content (AvgIpc) is 2.88. The molecule has 3 heteroatoms. The van der Waals surface area contributed by atoms with E-state index in [1.165, 1.54) is 5.56 Å². The Morgan fingerprint density at radius 1 is 1.25 bits per heavy atom. The summed E-state index contributed by atoms with van der Waals surface area (Å²) in [6, 6.07) is 8.55. The van der Waals surface area contributed by atoms with Gasteiger partial charge in [-0.15, -0.1) is 0 Å². The monoisotopic (exact) mass is 217 g/mol. The first-order chi connectivity index (χ1) is 7.78. The van der Waals surface area contributed by atoms with Crippen LogP contribution in [0.3, 0.4) is 0 Å². The fourth-order valence-corrected chi connectivity index (χ4v) is 2.93. The first-order valence-corrected chi connectivity index (χ1v) is 5.72. The van der Waals surface area contributed by atoms with E-state index in [2.05, 4.69) is 17.4 Å². The van der Waals surface area contributed by atoms with Gasteiger partial charge in [0.1, 0.15) is 5.75 Å². The maximum absolute atomic E-state index is 11.4. The lowest BCUT2D eigenvalue weighted by Gasteiger charge is -2.23. The molecule has 2 bridgehead atoms. The van der Waals surface area contributed by atoms with Crippen LogP contribution in [-0.4, -0.2) is 19.1 Å². The average molecular weight is 217 g/mol. The number of carbonyl (C=O) groups is 1. The van der Waals surface area contributed by atoms with Crippen LogP contribution in [0.2, 0.25) is 0 Å². The standard InChI is InChI=1S/C13H15NO2/c1-16-10-4-2-8(3-5-10)11-6-9-7-12(11)14-13(9)15/h2-5,9,11-12H,6-7H2,1H3,(H,14,15)/t9-,11-,12+/m1/s1. The molecular formula is C13H15NO2. The molecule has 1 N–H and O–H groups in total. The zero-order chi connectivity index (χ0) is 11.1. The van der Waals surface area contributed by atoms with E-state index in [1.54, 1.807) is 7.11 Å². The first kappa shape index (κ1) is 9.70. The van der Waals surface area contributed by atoms with Crippen molar-refractivity contribution in [2.24, 2.45) is 5.92 Å². The Kier molecular flexibility index (Phi) is 2.13. The Hall–Kier alpha value is -1.51. The van der Waals surface area contributed by atoms with Crippen LogP contribution >= 0.6 is 0 Å². The van der Waals surface area contributed by atoms with Gasteiger partial charge in [0.15, 0.2) is 0 Å². The summed E-state index contributed by atoms with van der Waals surface area (Å²) in [7, 11) is 1.67. The predicted octanol–water partition coefficient (Wildman–Crippen LogP) is 1.69. The number of carbonyl (C=O) groups excluding carboxylic acids is 1. The summed E-state index contributed by atoms with van der Waals surface area (Å²) in [5, 5.41) is 3.06. The Balaban J connectivity index is 1.81. The minimum Gasteiger partial charge on any atom is -0.497 e. The van der Waals surface area contributed by atoms with Crippen LogP contribution < -0.4 is 10.1 Å². The number of benzene rings is 1. The molecule has 3 nitrogen and oxygen atoms in total. The van der Waals surface area contributed by atoms with Gasteiger partial charge in [-0.05, 0) is 30.5 Å². The molecule has 0 aromatic heterocycles. The Morgan fingerprint density at radius 2 is 2.00 bits per heavy atom. The summed E-state index contributed by atoms with van der Waals surface area (Å²) < 4.78 is 5.14. The highest BCUT2D eigenvalue weighted by Crippen LogP contribution is 2.43. The lowest BCUT2D eigenvalue weighted by atomic mass is 9.91. The van der Waals surface area contributed by atoms with Gasteiger partial charge < -0.3 is 10.1 Å². The summed E-state index contributed by atoms with van der Waals surface area (Å²) >= 11 is 0. The third kappa shape index (κ3) is 1.39. The Bertz CT molecular complexity index is 412. The van der Waals surface area contributed by atoms with Crippen LogP contribution in [0.15, 0.2) is 24.3 Å². The van der Waals surface area contributed by atoms with Crippen LogP contribution in [0, 0.1) is 5.92 Å². The first-order valence-electron chi connectivity index (χ1n) is 5.72. The van der Waals surface area contributed by atoms with E-state index in [1.807, 2.05) is 12.1 Å². The second-order valence-electron chi connectivity index (χ2n) is 4.66. The molecule has 0 spiro atoms. The summed E-state index contributed by atoms with van der Waals surface area (Å²) in [6.45, 7) is 0. The highest BCUT2D eigenvalue weighted by Gasteiger charge is 2.45. The van der Waals surface area contributed by atoms with Gasteiger partial charge in [-0.25, -0.2) is 0 Å². The molecule has 16 heavy (non-hydrogen) atoms. The molecule has 3 rings (SSSR count). The van der Waals surface area contributed by atoms with Crippen molar-refractivity contribution in [1.82, 2.24) is 5.32 Å². The highest BCUT2D eigenvalue weighted by molar-refractivity contribution is 5.83. The number of amides is 1. The maximum atomic E-state index is 11.4. The van der Waals surface area contributed by atoms with E-state index >= 15 is 0 Å². The molecule has 0 unspecified atom stereocenters. The van der Waals surface area contributed by atoms with Crippen LogP contribution in [0.25, 0.3) is 0 Å². The molecule has 2 aliphatic rings. The summed E-state index contributed by atoms with van der Waals surface area (Å²) in [5.41, 5.74) is 1.31. The van der Waals surface area contributed by atoms with Crippen LogP contribution in [0.5, 0.6) is 5.75 Å². The van der Waals surface area contributed by atoms with Crippen LogP contribution in [0.1, 0.15) is 24.3 Å². The molecule has 1 amide bonds. The van der Waals surface area contributed by atoms with Gasteiger partial charge in [0.2, 0.25) is 5.91 Å². The van der Waals surface area contributed by atoms with E-state index in [9.17, 15) is 4.79 Å². The van der Waals surface area contributed by atoms with Gasteiger partial charge in [0, 0.05) is 17.9 Å². The molecule has 1 aliphatic heterocycles. The van der Waals surface area contributed by atoms with Crippen molar-refractivity contribution < 1.29 is 9.53 Å². The van der Waals surface area contributed by atoms with Crippen molar-refractivity contribution in [1.29, 1.82) is 0 Å². The van der Waals surface area contributed by atoms with Crippen molar-refractivity contribution in [3.05, 3.63) is 29.8 Å². The number of fused-ring (bicyclic) bond motifs is 2. The van der Waals surface area contributed by atoms with Crippen molar-refractivity contribution in [2.75, 3.05) is 7.11 Å². The van der Waals surface area contributed by atoms with Crippen molar-refractivity contribution in [3.63, 3.8) is 0 Å². The number of ether oxygens (including phenoxy) is 1. The number of rotatable bonds is 2. The molecule has 1 aromatic carbocycles. The summed E-state index contributed by atoms with van der Waals surface area (Å²) in [6.07, 6.45) is 2.01. The molecule has 0 radical (unpaired) electrons. The zero-order valence-corrected chi connectivity index (χ0v) is 9.27. The number of piperidine rings is 1. The largest absolute Gasteiger partial charge is 0.497 e. The molecule has 1 aliphatic carbocycles. The molecule has 1 saturated heterocycles. The van der Waals surface area contributed by atoms with E-state index in [-0.39, 0.29) is 11.8 Å². The lowest BCUT2D eigenvalue weighted by Crippen LogP contribution is -2.35. The molecule has 1 heterocycles. The fraction of sp³-hybridized carbons (Fsp3) is 0.462. The predicted molar refractivity (Wildman–Crippen MR) is 60.4 cm³/mol. The van der Waals surface area contributed by atoms with Crippen LogP contribution in [-0.2, 0) is 4.79 Å². The normalized spacial score (nSPS) is 31.6. The van der Waals surface area contributed by atoms with Gasteiger partial charge in [-0.2, -0.15) is 0 Å². The van der Waals surface area contributed by atoms with Crippen molar-refractivity contribution >= 4 is 5.91 Å². The van der Waals surface area contributed by atoms with Gasteiger partial charge >= 0.3 is 0 Å². The van der Waals surface area contributed by atoms with Crippen LogP contribution in [0.4, 0.5) is 0 Å². The van der Waals surface area contributed by atoms with Gasteiger partial charge in [0.25, 0.3) is 0 Å². The topological polar surface area (TPSA) is 38.3 Å². The van der Waals surface area contributed by atoms with Crippen molar-refractivity contribution in [2.45, 2.75) is 24.8 Å². The third-order valence-electron chi connectivity index (χ3n) is 3.81. The van der Waals surface area contributed by atoms with E-state index in [0.717, 1.165) is 18.6 Å². The SMILES string of the molecule is COc1ccc([C@H]2C[C@@H]3C[C@@H]2NC3=O)cc1. The fourth-order valence-electron chi connectivity index (χ4n) is 2.93. The second-order valence-corrected chi connectivity index (χ2v) is 4.66. The molecule has 84 valence electrons. The van der Waals surface area contributed by atoms with E-state index in [0.29, 0.717) is 12.0 Å². The van der Waals surface area contributed by atoms with E-state index in [4.69, 9.17) is 4.74 Å². The molecule has 1 aromatic rings. The third-order valence-corrected chi connectivity index (χ3v) is 3.81. The molecule has 2 fully saturated rings. The zero-order valence-electron chi connectivity index (χ0n) is 9.27. The van der Waals surface area contributed by atoms with Gasteiger partial charge in [-0.3, -0.25) is 4.79 Å². The minimum atomic E-state index is 0.245. The number of nitrogens with one attached hydrogen (secondary N) is 1. The number of hydrogen-bond acceptors (Lipinski definition) is 2. The Labute approximate surface area is 94.8 Å². The molecule has 1 saturated carbocycles. The smallest absolute Gasteiger partial charge is 0.223 e. The minimum absolute atomic E-state index is 0.245. The quantitative estimate of drug-likeness (QED) is 0.818. The van der Waals surface area contributed by atoms with E-state index < -0.39 is 0 Å². The lowest BCUT2D eigenvalue weighted by molar-refractivity contribution is -0.123. The maximum Gasteiger partial charge on any atom is 0.223 e. The van der Waals surface area contributed by atoms with Gasteiger partial charge in [-0.1, -0.05) is 12.1 Å². The molecule has 3 atom stereocenters.